The number of aliphatic hydroxyl groups is 3. The van der Waals surface area contributed by atoms with E-state index in [1.54, 1.807) is 22.6 Å². The number of hydrogen-bond acceptors (Lipinski definition) is 5. The molecule has 4 N–H and O–H groups in total. The van der Waals surface area contributed by atoms with Gasteiger partial charge in [0.05, 0.1) is 0 Å². The lowest BCUT2D eigenvalue weighted by Gasteiger charge is -2.36. The first-order valence-electron chi connectivity index (χ1n) is 3.51. The highest BCUT2D eigenvalue weighted by Crippen LogP contribution is 2.24. The predicted octanol–water partition coefficient (Wildman–Crippen LogP) is -1.69. The van der Waals surface area contributed by atoms with Gasteiger partial charge in [0.2, 0.25) is 0 Å². The lowest BCUT2D eigenvalue weighted by Crippen LogP contribution is -2.58. The van der Waals surface area contributed by atoms with Gasteiger partial charge in [0.1, 0.15) is 22.4 Å². The van der Waals surface area contributed by atoms with E-state index in [1.807, 2.05) is 0 Å². The van der Waals surface area contributed by atoms with E-state index in [0.29, 0.717) is 0 Å². The third kappa shape index (κ3) is 2.10. The highest BCUT2D eigenvalue weighted by molar-refractivity contribution is 14.1. The average Bonchev–Trinajstić information content (AvgIpc) is 2.07. The minimum Gasteiger partial charge on any atom is -0.479 e. The highest BCUT2D eigenvalue weighted by Gasteiger charge is 2.45. The molecule has 0 radical (unpaired) electrons. The SMILES string of the molecule is O=C(O)[C@H]1O[C@H](I)[C@H](O)[C@@H](O)[C@@H]1O. The zero-order valence-corrected chi connectivity index (χ0v) is 8.53. The Kier molecular flexibility index (Phi) is 3.46. The van der Waals surface area contributed by atoms with Gasteiger partial charge < -0.3 is 25.2 Å². The Labute approximate surface area is 87.3 Å². The summed E-state index contributed by atoms with van der Waals surface area (Å²) in [7, 11) is 0. The fourth-order valence-corrected chi connectivity index (χ4v) is 1.78. The van der Waals surface area contributed by atoms with Crippen molar-refractivity contribution in [1.82, 2.24) is 0 Å². The van der Waals surface area contributed by atoms with Gasteiger partial charge in [-0.05, 0) is 22.6 Å². The van der Waals surface area contributed by atoms with Crippen LogP contribution in [0.1, 0.15) is 0 Å². The van der Waals surface area contributed by atoms with Crippen molar-refractivity contribution in [2.45, 2.75) is 28.5 Å². The Morgan fingerprint density at radius 2 is 1.69 bits per heavy atom. The number of aliphatic hydroxyl groups excluding tert-OH is 3. The Morgan fingerprint density at radius 1 is 1.15 bits per heavy atom. The quantitative estimate of drug-likeness (QED) is 0.340. The molecule has 1 saturated heterocycles. The lowest BCUT2D eigenvalue weighted by molar-refractivity contribution is -0.206. The molecule has 0 saturated carbocycles. The Balaban J connectivity index is 2.76. The highest BCUT2D eigenvalue weighted by atomic mass is 127. The van der Waals surface area contributed by atoms with Crippen LogP contribution >= 0.6 is 22.6 Å². The zero-order chi connectivity index (χ0) is 10.2. The van der Waals surface area contributed by atoms with Gasteiger partial charge in [-0.1, -0.05) is 0 Å². The molecule has 76 valence electrons. The maximum atomic E-state index is 10.5. The van der Waals surface area contributed by atoms with Crippen molar-refractivity contribution in [2.75, 3.05) is 0 Å². The van der Waals surface area contributed by atoms with Gasteiger partial charge in [0, 0.05) is 0 Å². The van der Waals surface area contributed by atoms with Crippen molar-refractivity contribution in [3.63, 3.8) is 0 Å². The minimum absolute atomic E-state index is 0.836. The molecule has 0 aliphatic carbocycles. The Hall–Kier alpha value is 0.0400. The first-order valence-corrected chi connectivity index (χ1v) is 4.76. The van der Waals surface area contributed by atoms with Gasteiger partial charge >= 0.3 is 5.97 Å². The maximum absolute atomic E-state index is 10.5. The zero-order valence-electron chi connectivity index (χ0n) is 6.37. The first kappa shape index (κ1) is 11.1. The number of carboxylic acids is 1. The second kappa shape index (κ2) is 4.05. The second-order valence-corrected chi connectivity index (χ2v) is 3.95. The fraction of sp³-hybridized carbons (Fsp3) is 0.833. The van der Waals surface area contributed by atoms with E-state index < -0.39 is 34.5 Å². The van der Waals surface area contributed by atoms with Crippen LogP contribution in [0.25, 0.3) is 0 Å². The largest absolute Gasteiger partial charge is 0.479 e. The van der Waals surface area contributed by atoms with E-state index in [1.165, 1.54) is 0 Å². The number of alkyl halides is 1. The molecule has 1 aliphatic rings. The molecule has 5 atom stereocenters. The molecular formula is C6H9IO6. The van der Waals surface area contributed by atoms with Crippen molar-refractivity contribution in [2.24, 2.45) is 0 Å². The molecule has 0 aromatic carbocycles. The summed E-state index contributed by atoms with van der Waals surface area (Å²) in [6.07, 6.45) is -5.85. The molecule has 0 aromatic heterocycles. The molecule has 1 aliphatic heterocycles. The first-order chi connectivity index (χ1) is 5.95. The topological polar surface area (TPSA) is 107 Å². The van der Waals surface area contributed by atoms with Crippen molar-refractivity contribution < 1.29 is 30.0 Å². The third-order valence-corrected chi connectivity index (χ3v) is 2.83. The van der Waals surface area contributed by atoms with Crippen LogP contribution in [-0.2, 0) is 9.53 Å². The number of ether oxygens (including phenoxy) is 1. The summed E-state index contributed by atoms with van der Waals surface area (Å²) in [6.45, 7) is 0. The number of carboxylic acid groups (broad SMARTS) is 1. The maximum Gasteiger partial charge on any atom is 0.335 e. The van der Waals surface area contributed by atoms with Crippen LogP contribution in [0.4, 0.5) is 0 Å². The van der Waals surface area contributed by atoms with Gasteiger partial charge in [0.25, 0.3) is 0 Å². The van der Waals surface area contributed by atoms with Crippen LogP contribution in [0.3, 0.4) is 0 Å². The van der Waals surface area contributed by atoms with Crippen LogP contribution in [0, 0.1) is 0 Å². The minimum atomic E-state index is -1.60. The molecule has 0 unspecified atom stereocenters. The fourth-order valence-electron chi connectivity index (χ4n) is 1.04. The van der Waals surface area contributed by atoms with E-state index >= 15 is 0 Å². The molecule has 6 nitrogen and oxygen atoms in total. The summed E-state index contributed by atoms with van der Waals surface area (Å²) in [6, 6.07) is 0. The number of aliphatic carboxylic acids is 1. The third-order valence-electron chi connectivity index (χ3n) is 1.80. The Morgan fingerprint density at radius 3 is 2.15 bits per heavy atom. The van der Waals surface area contributed by atoms with Gasteiger partial charge in [0.15, 0.2) is 6.10 Å². The monoisotopic (exact) mass is 304 g/mol. The molecule has 7 heteroatoms. The number of halogens is 1. The molecule has 1 heterocycles. The van der Waals surface area contributed by atoms with Crippen LogP contribution in [0.5, 0.6) is 0 Å². The predicted molar refractivity (Wildman–Crippen MR) is 48.3 cm³/mol. The van der Waals surface area contributed by atoms with Gasteiger partial charge in [-0.3, -0.25) is 0 Å². The van der Waals surface area contributed by atoms with Crippen molar-refractivity contribution in [1.29, 1.82) is 0 Å². The summed E-state index contributed by atoms with van der Waals surface area (Å²) in [5.74, 6) is -1.36. The molecule has 0 bridgehead atoms. The van der Waals surface area contributed by atoms with E-state index in [2.05, 4.69) is 0 Å². The number of hydrogen-bond donors (Lipinski definition) is 4. The molecule has 0 aromatic rings. The van der Waals surface area contributed by atoms with E-state index in [0.717, 1.165) is 0 Å². The Bertz CT molecular complexity index is 209. The normalized spacial score (nSPS) is 46.0. The summed E-state index contributed by atoms with van der Waals surface area (Å²) < 4.78 is 3.93. The number of rotatable bonds is 1. The van der Waals surface area contributed by atoms with Crippen LogP contribution in [0.2, 0.25) is 0 Å². The van der Waals surface area contributed by atoms with Gasteiger partial charge in [-0.15, -0.1) is 0 Å². The smallest absolute Gasteiger partial charge is 0.335 e. The molecule has 0 spiro atoms. The van der Waals surface area contributed by atoms with Crippen molar-refractivity contribution >= 4 is 28.6 Å². The summed E-state index contributed by atoms with van der Waals surface area (Å²) in [5.41, 5.74) is 0. The van der Waals surface area contributed by atoms with Crippen LogP contribution in [-0.4, -0.2) is 54.9 Å². The molecule has 13 heavy (non-hydrogen) atoms. The lowest BCUT2D eigenvalue weighted by atomic mass is 10.0. The van der Waals surface area contributed by atoms with Crippen molar-refractivity contribution in [3.05, 3.63) is 0 Å². The van der Waals surface area contributed by atoms with E-state index in [9.17, 15) is 20.1 Å². The summed E-state index contributed by atoms with van der Waals surface area (Å²) >= 11 is 1.65. The summed E-state index contributed by atoms with van der Waals surface area (Å²) in [4.78, 5) is 10.5. The molecular weight excluding hydrogens is 295 g/mol. The number of carbonyl (C=O) groups is 1. The van der Waals surface area contributed by atoms with Crippen LogP contribution < -0.4 is 0 Å². The molecule has 0 amide bonds. The second-order valence-electron chi connectivity index (χ2n) is 2.72. The van der Waals surface area contributed by atoms with Crippen LogP contribution in [0.15, 0.2) is 0 Å². The van der Waals surface area contributed by atoms with E-state index in [-0.39, 0.29) is 0 Å². The van der Waals surface area contributed by atoms with Crippen molar-refractivity contribution in [3.8, 4) is 0 Å². The standard InChI is InChI=1S/C6H9IO6/c7-5-3(10)1(8)2(9)4(13-5)6(11)12/h1-5,8-10H,(H,11,12)/t1-,2-,3+,4-,5-/m0/s1. The molecule has 1 rings (SSSR count). The summed E-state index contributed by atoms with van der Waals surface area (Å²) in [5, 5.41) is 36.1. The molecule has 1 fully saturated rings. The average molecular weight is 304 g/mol. The van der Waals surface area contributed by atoms with Gasteiger partial charge in [-0.25, -0.2) is 4.79 Å². The van der Waals surface area contributed by atoms with Gasteiger partial charge in [-0.2, -0.15) is 0 Å². The van der Waals surface area contributed by atoms with E-state index in [4.69, 9.17) is 9.84 Å².